The highest BCUT2D eigenvalue weighted by Gasteiger charge is 2.26. The summed E-state index contributed by atoms with van der Waals surface area (Å²) in [6.07, 6.45) is 7.11. The van der Waals surface area contributed by atoms with E-state index in [4.69, 9.17) is 9.47 Å². The molecule has 0 aromatic heterocycles. The third-order valence-corrected chi connectivity index (χ3v) is 4.55. The summed E-state index contributed by atoms with van der Waals surface area (Å²) in [4.78, 5) is 11.0. The second-order valence-corrected chi connectivity index (χ2v) is 10.3. The first-order valence-electron chi connectivity index (χ1n) is 10.3. The van der Waals surface area contributed by atoms with Gasteiger partial charge in [0.05, 0.1) is 24.4 Å². The molecule has 0 amide bonds. The highest BCUT2D eigenvalue weighted by molar-refractivity contribution is 5.71. The van der Waals surface area contributed by atoms with Gasteiger partial charge in [0.1, 0.15) is 12.2 Å². The van der Waals surface area contributed by atoms with E-state index in [1.165, 1.54) is 0 Å². The molecule has 28 heavy (non-hydrogen) atoms. The number of cyclic esters (lactones) is 1. The Morgan fingerprint density at radius 2 is 1.64 bits per heavy atom. The molecule has 2 heterocycles. The minimum atomic E-state index is -0.550. The smallest absolute Gasteiger partial charge is 0.309 e. The molecule has 5 heteroatoms. The maximum Gasteiger partial charge on any atom is 0.309 e. The van der Waals surface area contributed by atoms with Crippen LogP contribution in [0, 0.1) is 10.8 Å². The van der Waals surface area contributed by atoms with E-state index in [2.05, 4.69) is 48.1 Å². The van der Waals surface area contributed by atoms with Gasteiger partial charge in [0.15, 0.2) is 0 Å². The highest BCUT2D eigenvalue weighted by Crippen LogP contribution is 2.28. The van der Waals surface area contributed by atoms with Crippen molar-refractivity contribution in [2.24, 2.45) is 10.8 Å². The lowest BCUT2D eigenvalue weighted by Crippen LogP contribution is -2.31. The average molecular weight is 397 g/mol. The van der Waals surface area contributed by atoms with E-state index < -0.39 is 6.10 Å². The average Bonchev–Trinajstić information content (AvgIpc) is 2.49. The fraction of sp³-hybridized carbons (Fsp3) is 0.783. The number of rotatable bonds is 3. The van der Waals surface area contributed by atoms with E-state index in [-0.39, 0.29) is 36.1 Å². The van der Waals surface area contributed by atoms with Gasteiger partial charge in [-0.2, -0.15) is 0 Å². The minimum absolute atomic E-state index is 0.0782. The zero-order valence-corrected chi connectivity index (χ0v) is 18.5. The van der Waals surface area contributed by atoms with Crippen LogP contribution in [0.25, 0.3) is 0 Å². The number of hydrogen-bond donors (Lipinski definition) is 2. The van der Waals surface area contributed by atoms with Gasteiger partial charge in [-0.25, -0.2) is 0 Å². The molecule has 0 bridgehead atoms. The summed E-state index contributed by atoms with van der Waals surface area (Å²) in [7, 11) is 0. The highest BCUT2D eigenvalue weighted by atomic mass is 16.5. The van der Waals surface area contributed by atoms with E-state index in [0.717, 1.165) is 25.0 Å². The molecule has 162 valence electrons. The van der Waals surface area contributed by atoms with Gasteiger partial charge >= 0.3 is 5.97 Å². The molecule has 0 aliphatic carbocycles. The van der Waals surface area contributed by atoms with Crippen molar-refractivity contribution in [2.75, 3.05) is 0 Å². The number of aliphatic hydroxyl groups excluding tert-OH is 2. The Labute approximate surface area is 170 Å². The molecule has 0 unspecified atom stereocenters. The third-order valence-electron chi connectivity index (χ3n) is 4.55. The number of esters is 1. The number of ether oxygens (including phenoxy) is 2. The Bertz CT molecular complexity index is 538. The molecule has 0 spiro atoms. The molecule has 2 N–H and O–H groups in total. The molecule has 0 radical (unpaired) electrons. The maximum atomic E-state index is 11.0. The summed E-state index contributed by atoms with van der Waals surface area (Å²) in [5.74, 6) is 0.426. The second-order valence-electron chi connectivity index (χ2n) is 10.3. The summed E-state index contributed by atoms with van der Waals surface area (Å²) < 4.78 is 10.7. The number of carbonyl (C=O) groups excluding carboxylic acids is 1. The van der Waals surface area contributed by atoms with Gasteiger partial charge in [0.2, 0.25) is 0 Å². The van der Waals surface area contributed by atoms with E-state index in [1.54, 1.807) is 0 Å². The van der Waals surface area contributed by atoms with Crippen LogP contribution in [0.15, 0.2) is 24.5 Å². The van der Waals surface area contributed by atoms with Gasteiger partial charge in [-0.3, -0.25) is 4.79 Å². The fourth-order valence-electron chi connectivity index (χ4n) is 3.08. The van der Waals surface area contributed by atoms with Crippen molar-refractivity contribution in [3.8, 4) is 0 Å². The van der Waals surface area contributed by atoms with E-state index >= 15 is 0 Å². The van der Waals surface area contributed by atoms with Gasteiger partial charge in [-0.1, -0.05) is 54.2 Å². The van der Waals surface area contributed by atoms with Crippen LogP contribution in [-0.4, -0.2) is 40.6 Å². The third kappa shape index (κ3) is 11.5. The standard InChI is InChI=1S/C12H22O2.C11H18O3/c1-9-7-10(13)8-11(14-9)5-6-12(2,3)4;1-11(2,3)5-4-9-6-8(12)7-10(13)14-9/h10-11,13H,1,5-8H2,2-4H3;4-5,8-9,12H,6-7H2,1-3H3/b;5-4+/t10-,11+;8-,9-/m01/s1. The van der Waals surface area contributed by atoms with Crippen LogP contribution in [0.1, 0.15) is 80.1 Å². The first-order valence-corrected chi connectivity index (χ1v) is 10.3. The molecule has 0 saturated carbocycles. The Morgan fingerprint density at radius 1 is 1.04 bits per heavy atom. The molecule has 2 aliphatic rings. The van der Waals surface area contributed by atoms with Crippen LogP contribution in [0.2, 0.25) is 0 Å². The Hall–Kier alpha value is -1.33. The van der Waals surface area contributed by atoms with Gasteiger partial charge < -0.3 is 19.7 Å². The number of aliphatic hydroxyl groups is 2. The van der Waals surface area contributed by atoms with E-state index in [1.807, 2.05) is 12.2 Å². The first-order chi connectivity index (χ1) is 12.7. The molecule has 2 aliphatic heterocycles. The molecule has 2 rings (SSSR count). The first kappa shape index (κ1) is 24.7. The van der Waals surface area contributed by atoms with Crippen LogP contribution in [0.5, 0.6) is 0 Å². The lowest BCUT2D eigenvalue weighted by molar-refractivity contribution is -0.156. The van der Waals surface area contributed by atoms with Gasteiger partial charge in [-0.05, 0) is 29.7 Å². The monoisotopic (exact) mass is 396 g/mol. The minimum Gasteiger partial charge on any atom is -0.495 e. The maximum absolute atomic E-state index is 11.0. The number of hydrogen-bond acceptors (Lipinski definition) is 5. The molecule has 0 aromatic rings. The van der Waals surface area contributed by atoms with Crippen molar-refractivity contribution in [3.05, 3.63) is 24.5 Å². The quantitative estimate of drug-likeness (QED) is 0.542. The van der Waals surface area contributed by atoms with E-state index in [9.17, 15) is 15.0 Å². The van der Waals surface area contributed by atoms with Crippen LogP contribution in [0.3, 0.4) is 0 Å². The van der Waals surface area contributed by atoms with Crippen molar-refractivity contribution >= 4 is 5.97 Å². The molecular weight excluding hydrogens is 356 g/mol. The van der Waals surface area contributed by atoms with Crippen molar-refractivity contribution < 1.29 is 24.5 Å². The largest absolute Gasteiger partial charge is 0.495 e. The molecule has 2 saturated heterocycles. The normalized spacial score (nSPS) is 29.0. The number of allylic oxidation sites excluding steroid dienone is 1. The zero-order chi connectivity index (χ0) is 21.5. The summed E-state index contributed by atoms with van der Waals surface area (Å²) >= 11 is 0. The van der Waals surface area contributed by atoms with E-state index in [0.29, 0.717) is 18.3 Å². The topological polar surface area (TPSA) is 76.0 Å². The summed E-state index contributed by atoms with van der Waals surface area (Å²) in [6, 6.07) is 0. The summed E-state index contributed by atoms with van der Waals surface area (Å²) in [5, 5.41) is 18.9. The van der Waals surface area contributed by atoms with Crippen molar-refractivity contribution in [1.82, 2.24) is 0 Å². The second kappa shape index (κ2) is 10.4. The van der Waals surface area contributed by atoms with Gasteiger partial charge in [0, 0.05) is 19.3 Å². The Balaban J connectivity index is 0.000000280. The predicted molar refractivity (Wildman–Crippen MR) is 112 cm³/mol. The summed E-state index contributed by atoms with van der Waals surface area (Å²) in [5.41, 5.74) is 0.419. The SMILES string of the molecule is C=C1C[C@H](O)C[C@@H](CCC(C)(C)C)O1.CC(C)(C)/C=C/[C@@H]1C[C@@H](O)CC(=O)O1. The molecule has 0 aromatic carbocycles. The lowest BCUT2D eigenvalue weighted by atomic mass is 9.87. The van der Waals surface area contributed by atoms with Crippen LogP contribution >= 0.6 is 0 Å². The lowest BCUT2D eigenvalue weighted by Gasteiger charge is -2.30. The zero-order valence-electron chi connectivity index (χ0n) is 18.5. The van der Waals surface area contributed by atoms with Gasteiger partial charge in [0.25, 0.3) is 0 Å². The molecular formula is C23H40O5. The molecule has 5 nitrogen and oxygen atoms in total. The van der Waals surface area contributed by atoms with Crippen LogP contribution in [-0.2, 0) is 14.3 Å². The summed E-state index contributed by atoms with van der Waals surface area (Å²) in [6.45, 7) is 16.7. The van der Waals surface area contributed by atoms with Crippen molar-refractivity contribution in [2.45, 2.75) is 104 Å². The fourth-order valence-corrected chi connectivity index (χ4v) is 3.08. The van der Waals surface area contributed by atoms with Crippen molar-refractivity contribution in [1.29, 1.82) is 0 Å². The molecule has 2 fully saturated rings. The Morgan fingerprint density at radius 3 is 2.14 bits per heavy atom. The van der Waals surface area contributed by atoms with Crippen LogP contribution in [0.4, 0.5) is 0 Å². The predicted octanol–water partition coefficient (Wildman–Crippen LogP) is 4.52. The van der Waals surface area contributed by atoms with Gasteiger partial charge in [-0.15, -0.1) is 0 Å². The number of carbonyl (C=O) groups is 1. The van der Waals surface area contributed by atoms with Crippen LogP contribution < -0.4 is 0 Å². The van der Waals surface area contributed by atoms with Crippen molar-refractivity contribution in [3.63, 3.8) is 0 Å². The molecule has 4 atom stereocenters. The Kier molecular flexibility index (Phi) is 9.22.